The number of hydrogen-bond donors (Lipinski definition) is 3. The maximum absolute atomic E-state index is 11.8. The van der Waals surface area contributed by atoms with Crippen LogP contribution in [-0.4, -0.2) is 48.1 Å². The Morgan fingerprint density at radius 2 is 2.25 bits per heavy atom. The average molecular weight is 284 g/mol. The fourth-order valence-electron chi connectivity index (χ4n) is 3.44. The first kappa shape index (κ1) is 14.9. The minimum atomic E-state index is -1.12. The number of amides is 1. The molecule has 2 saturated carbocycles. The number of carbonyl (C=O) groups excluding carboxylic acids is 3. The third-order valence-corrected chi connectivity index (χ3v) is 4.43. The number of ether oxygens (including phenoxy) is 1. The number of aliphatic hydroxyl groups excluding tert-OH is 1. The topological polar surface area (TPSA) is 119 Å². The van der Waals surface area contributed by atoms with Crippen LogP contribution >= 0.6 is 0 Å². The molecule has 0 aromatic carbocycles. The first-order valence-electron chi connectivity index (χ1n) is 6.65. The lowest BCUT2D eigenvalue weighted by atomic mass is 9.89. The molecule has 0 aliphatic heterocycles. The molecular formula is C13H20N2O5. The molecule has 0 aromatic rings. The molecule has 20 heavy (non-hydrogen) atoms. The van der Waals surface area contributed by atoms with Gasteiger partial charge in [-0.2, -0.15) is 0 Å². The summed E-state index contributed by atoms with van der Waals surface area (Å²) in [6.07, 6.45) is 0.278. The maximum Gasteiger partial charge on any atom is 0.305 e. The summed E-state index contributed by atoms with van der Waals surface area (Å²) in [5, 5.41) is 12.7. The summed E-state index contributed by atoms with van der Waals surface area (Å²) in [5.74, 6) is -1.32. The Bertz CT molecular complexity index is 438. The highest BCUT2D eigenvalue weighted by molar-refractivity contribution is 5.86. The van der Waals surface area contributed by atoms with E-state index < -0.39 is 23.6 Å². The van der Waals surface area contributed by atoms with Crippen LogP contribution in [0.3, 0.4) is 0 Å². The van der Waals surface area contributed by atoms with E-state index in [-0.39, 0.29) is 36.6 Å². The molecule has 0 radical (unpaired) electrons. The normalized spacial score (nSPS) is 39.6. The average Bonchev–Trinajstić information content (AvgIpc) is 3.03. The van der Waals surface area contributed by atoms with E-state index in [1.165, 1.54) is 14.0 Å². The highest BCUT2D eigenvalue weighted by atomic mass is 16.5. The smallest absolute Gasteiger partial charge is 0.305 e. The van der Waals surface area contributed by atoms with E-state index in [0.29, 0.717) is 6.29 Å². The van der Waals surface area contributed by atoms with Crippen LogP contribution in [0.5, 0.6) is 0 Å². The second-order valence-corrected chi connectivity index (χ2v) is 5.75. The predicted molar refractivity (Wildman–Crippen MR) is 68.3 cm³/mol. The molecule has 6 atom stereocenters. The fourth-order valence-corrected chi connectivity index (χ4v) is 3.44. The zero-order chi connectivity index (χ0) is 15.1. The van der Waals surface area contributed by atoms with Gasteiger partial charge in [0.15, 0.2) is 0 Å². The van der Waals surface area contributed by atoms with Gasteiger partial charge in [0.05, 0.1) is 19.3 Å². The molecule has 0 unspecified atom stereocenters. The molecule has 7 nitrogen and oxygen atoms in total. The van der Waals surface area contributed by atoms with Crippen LogP contribution in [0.1, 0.15) is 19.8 Å². The molecule has 0 aromatic heterocycles. The Morgan fingerprint density at radius 1 is 1.60 bits per heavy atom. The lowest BCUT2D eigenvalue weighted by Crippen LogP contribution is -2.55. The number of carbonyl (C=O) groups is 3. The van der Waals surface area contributed by atoms with Crippen molar-refractivity contribution in [1.29, 1.82) is 0 Å². The summed E-state index contributed by atoms with van der Waals surface area (Å²) in [7, 11) is 1.29. The highest BCUT2D eigenvalue weighted by Crippen LogP contribution is 2.63. The Hall–Kier alpha value is -1.47. The molecule has 0 bridgehead atoms. The number of aldehydes is 1. The minimum Gasteiger partial charge on any atom is -0.469 e. The second-order valence-electron chi connectivity index (χ2n) is 5.75. The zero-order valence-corrected chi connectivity index (χ0v) is 11.5. The molecule has 4 N–H and O–H groups in total. The Labute approximate surface area is 116 Å². The summed E-state index contributed by atoms with van der Waals surface area (Å²) in [4.78, 5) is 34.6. The van der Waals surface area contributed by atoms with Crippen LogP contribution in [0.2, 0.25) is 0 Å². The van der Waals surface area contributed by atoms with Crippen molar-refractivity contribution in [3.63, 3.8) is 0 Å². The summed E-state index contributed by atoms with van der Waals surface area (Å²) in [6.45, 7) is 1.52. The number of nitrogens with one attached hydrogen (secondary N) is 1. The van der Waals surface area contributed by atoms with Crippen molar-refractivity contribution in [2.24, 2.45) is 23.5 Å². The molecule has 1 amide bonds. The van der Waals surface area contributed by atoms with Crippen LogP contribution in [-0.2, 0) is 19.1 Å². The molecule has 2 rings (SSSR count). The number of hydrogen-bond acceptors (Lipinski definition) is 6. The number of methoxy groups -OCH3 is 1. The van der Waals surface area contributed by atoms with Crippen LogP contribution in [0.4, 0.5) is 0 Å². The van der Waals surface area contributed by atoms with Crippen LogP contribution in [0, 0.1) is 17.8 Å². The molecule has 2 fully saturated rings. The van der Waals surface area contributed by atoms with E-state index in [9.17, 15) is 19.5 Å². The van der Waals surface area contributed by atoms with E-state index in [4.69, 9.17) is 5.73 Å². The van der Waals surface area contributed by atoms with Gasteiger partial charge in [-0.05, 0) is 24.7 Å². The van der Waals surface area contributed by atoms with E-state index >= 15 is 0 Å². The number of fused-ring (bicyclic) bond motifs is 1. The van der Waals surface area contributed by atoms with Crippen molar-refractivity contribution < 1.29 is 24.2 Å². The summed E-state index contributed by atoms with van der Waals surface area (Å²) >= 11 is 0. The molecule has 0 spiro atoms. The van der Waals surface area contributed by atoms with Gasteiger partial charge >= 0.3 is 5.97 Å². The summed E-state index contributed by atoms with van der Waals surface area (Å²) in [6, 6.07) is -0.735. The second kappa shape index (κ2) is 5.14. The number of aliphatic hydroxyl groups is 1. The Kier molecular flexibility index (Phi) is 3.84. The van der Waals surface area contributed by atoms with E-state index in [1.807, 2.05) is 0 Å². The van der Waals surface area contributed by atoms with Crippen molar-refractivity contribution in [1.82, 2.24) is 5.32 Å². The fraction of sp³-hybridized carbons (Fsp3) is 0.769. The van der Waals surface area contributed by atoms with Gasteiger partial charge in [0, 0.05) is 12.8 Å². The third-order valence-electron chi connectivity index (χ3n) is 4.43. The quantitative estimate of drug-likeness (QED) is 0.421. The molecule has 0 saturated heterocycles. The third kappa shape index (κ3) is 2.31. The van der Waals surface area contributed by atoms with Gasteiger partial charge in [0.1, 0.15) is 11.8 Å². The van der Waals surface area contributed by atoms with Crippen molar-refractivity contribution in [3.8, 4) is 0 Å². The zero-order valence-electron chi connectivity index (χ0n) is 11.5. The predicted octanol–water partition coefficient (Wildman–Crippen LogP) is -1.42. The largest absolute Gasteiger partial charge is 0.469 e. The molecular weight excluding hydrogens is 264 g/mol. The molecule has 2 aliphatic rings. The van der Waals surface area contributed by atoms with E-state index in [0.717, 1.165) is 0 Å². The van der Waals surface area contributed by atoms with Crippen molar-refractivity contribution in [2.75, 3.05) is 7.11 Å². The number of nitrogens with two attached hydrogens (primary N) is 1. The SMILES string of the molecule is COC(=O)C[C@H]1[C@H]2[C@@H]1[C@@](C=O)(NC(=O)[C@H](C)N)C[C@@H]2O. The van der Waals surface area contributed by atoms with Gasteiger partial charge in [-0.25, -0.2) is 0 Å². The first-order valence-corrected chi connectivity index (χ1v) is 6.65. The maximum atomic E-state index is 11.8. The van der Waals surface area contributed by atoms with Gasteiger partial charge in [-0.1, -0.05) is 0 Å². The van der Waals surface area contributed by atoms with Crippen molar-refractivity contribution in [3.05, 3.63) is 0 Å². The Balaban J connectivity index is 2.13. The van der Waals surface area contributed by atoms with Crippen LogP contribution < -0.4 is 11.1 Å². The van der Waals surface area contributed by atoms with Crippen LogP contribution in [0.15, 0.2) is 0 Å². The number of esters is 1. The van der Waals surface area contributed by atoms with E-state index in [1.54, 1.807) is 0 Å². The highest BCUT2D eigenvalue weighted by Gasteiger charge is 2.70. The minimum absolute atomic E-state index is 0.134. The van der Waals surface area contributed by atoms with E-state index in [2.05, 4.69) is 10.1 Å². The lowest BCUT2D eigenvalue weighted by Gasteiger charge is -2.29. The van der Waals surface area contributed by atoms with Crippen LogP contribution in [0.25, 0.3) is 0 Å². The molecule has 112 valence electrons. The molecule has 0 heterocycles. The summed E-state index contributed by atoms with van der Waals surface area (Å²) < 4.78 is 4.61. The lowest BCUT2D eigenvalue weighted by molar-refractivity contribution is -0.141. The van der Waals surface area contributed by atoms with Gasteiger partial charge in [0.25, 0.3) is 0 Å². The van der Waals surface area contributed by atoms with Gasteiger partial charge in [-0.15, -0.1) is 0 Å². The van der Waals surface area contributed by atoms with Gasteiger partial charge < -0.3 is 25.7 Å². The van der Waals surface area contributed by atoms with Crippen molar-refractivity contribution >= 4 is 18.2 Å². The Morgan fingerprint density at radius 3 is 2.75 bits per heavy atom. The number of rotatable bonds is 5. The first-order chi connectivity index (χ1) is 9.36. The van der Waals surface area contributed by atoms with Gasteiger partial charge in [0.2, 0.25) is 5.91 Å². The monoisotopic (exact) mass is 284 g/mol. The standard InChI is InChI=1S/C13H20N2O5/c1-6(14)12(19)15-13(5-16)4-8(17)10-7(11(10)13)3-9(18)20-2/h5-8,10-11,17H,3-4,14H2,1-2H3,(H,15,19)/t6-,7-,8-,10+,11+,13+/m0/s1. The molecule has 2 aliphatic carbocycles. The van der Waals surface area contributed by atoms with Crippen molar-refractivity contribution in [2.45, 2.75) is 37.5 Å². The molecule has 7 heteroatoms. The summed E-state index contributed by atoms with van der Waals surface area (Å²) in [5.41, 5.74) is 4.38. The van der Waals surface area contributed by atoms with Gasteiger partial charge in [-0.3, -0.25) is 9.59 Å².